The van der Waals surface area contributed by atoms with Crippen molar-refractivity contribution in [2.45, 2.75) is 59.2 Å². The van der Waals surface area contributed by atoms with Crippen LogP contribution in [0.1, 0.15) is 39.9 Å². The zero-order valence-corrected chi connectivity index (χ0v) is 12.1. The summed E-state index contributed by atoms with van der Waals surface area (Å²) in [6.45, 7) is 11.2. The molecule has 0 aliphatic carbocycles. The minimum atomic E-state index is 0.279. The van der Waals surface area contributed by atoms with E-state index < -0.39 is 0 Å². The third-order valence-corrected chi connectivity index (χ3v) is 2.89. The van der Waals surface area contributed by atoms with E-state index in [9.17, 15) is 0 Å². The highest BCUT2D eigenvalue weighted by atomic mass is 16.5. The molecule has 1 unspecified atom stereocenters. The molecule has 4 nitrogen and oxygen atoms in total. The number of rotatable bonds is 9. The molecule has 0 fully saturated rings. The fraction of sp³-hybridized carbons (Fsp3) is 0.786. The average Bonchev–Trinajstić information content (AvgIpc) is 2.79. The molecule has 0 spiro atoms. The van der Waals surface area contributed by atoms with E-state index in [2.05, 4.69) is 42.6 Å². The number of hydrogen-bond acceptors (Lipinski definition) is 3. The molecule has 1 aromatic rings. The molecule has 0 aliphatic rings. The fourth-order valence-electron chi connectivity index (χ4n) is 1.89. The zero-order valence-electron chi connectivity index (χ0n) is 12.1. The molecule has 1 aromatic heterocycles. The summed E-state index contributed by atoms with van der Waals surface area (Å²) in [5.41, 5.74) is 0. The lowest BCUT2D eigenvalue weighted by molar-refractivity contribution is 0.0607. The summed E-state index contributed by atoms with van der Waals surface area (Å²) >= 11 is 0. The van der Waals surface area contributed by atoms with E-state index in [4.69, 9.17) is 4.74 Å². The molecule has 0 amide bonds. The third-order valence-electron chi connectivity index (χ3n) is 2.89. The van der Waals surface area contributed by atoms with Crippen molar-refractivity contribution in [2.75, 3.05) is 13.2 Å². The van der Waals surface area contributed by atoms with Gasteiger partial charge >= 0.3 is 0 Å². The van der Waals surface area contributed by atoms with E-state index in [1.54, 1.807) is 0 Å². The summed E-state index contributed by atoms with van der Waals surface area (Å²) in [6, 6.07) is 0.347. The third kappa shape index (κ3) is 5.19. The van der Waals surface area contributed by atoms with E-state index in [0.717, 1.165) is 38.4 Å². The van der Waals surface area contributed by atoms with Crippen LogP contribution in [-0.4, -0.2) is 34.8 Å². The van der Waals surface area contributed by atoms with Crippen LogP contribution in [0.25, 0.3) is 0 Å². The number of hydrogen-bond donors (Lipinski definition) is 1. The summed E-state index contributed by atoms with van der Waals surface area (Å²) < 4.78 is 7.91. The number of aryl methyl sites for hydroxylation is 1. The first-order valence-electron chi connectivity index (χ1n) is 7.02. The minimum Gasteiger partial charge on any atom is -0.377 e. The lowest BCUT2D eigenvalue weighted by Gasteiger charge is -2.20. The van der Waals surface area contributed by atoms with Gasteiger partial charge in [-0.3, -0.25) is 0 Å². The van der Waals surface area contributed by atoms with Crippen molar-refractivity contribution in [3.63, 3.8) is 0 Å². The molecule has 104 valence electrons. The van der Waals surface area contributed by atoms with Crippen LogP contribution in [0.5, 0.6) is 0 Å². The maximum absolute atomic E-state index is 5.72. The van der Waals surface area contributed by atoms with Gasteiger partial charge in [0, 0.05) is 31.4 Å². The second kappa shape index (κ2) is 8.27. The molecule has 1 rings (SSSR count). The molecule has 0 saturated carbocycles. The van der Waals surface area contributed by atoms with Crippen LogP contribution in [0.15, 0.2) is 12.4 Å². The van der Waals surface area contributed by atoms with Gasteiger partial charge in [0.05, 0.1) is 12.7 Å². The van der Waals surface area contributed by atoms with E-state index in [-0.39, 0.29) is 6.10 Å². The minimum absolute atomic E-state index is 0.279. The van der Waals surface area contributed by atoms with Crippen LogP contribution in [0.3, 0.4) is 0 Å². The topological polar surface area (TPSA) is 39.1 Å². The van der Waals surface area contributed by atoms with Crippen molar-refractivity contribution in [3.8, 4) is 0 Å². The quantitative estimate of drug-likeness (QED) is 0.733. The van der Waals surface area contributed by atoms with Crippen molar-refractivity contribution >= 4 is 0 Å². The Morgan fingerprint density at radius 1 is 1.39 bits per heavy atom. The van der Waals surface area contributed by atoms with Crippen LogP contribution >= 0.6 is 0 Å². The molecule has 0 aliphatic heterocycles. The first-order valence-corrected chi connectivity index (χ1v) is 7.02. The van der Waals surface area contributed by atoms with Crippen LogP contribution in [0, 0.1) is 0 Å². The lowest BCUT2D eigenvalue weighted by Crippen LogP contribution is -2.37. The Morgan fingerprint density at radius 3 is 2.78 bits per heavy atom. The molecular weight excluding hydrogens is 226 g/mol. The molecule has 0 aromatic carbocycles. The second-order valence-corrected chi connectivity index (χ2v) is 4.87. The van der Waals surface area contributed by atoms with Gasteiger partial charge in [-0.25, -0.2) is 4.98 Å². The average molecular weight is 253 g/mol. The van der Waals surface area contributed by atoms with Crippen molar-refractivity contribution in [1.82, 2.24) is 14.9 Å². The van der Waals surface area contributed by atoms with Gasteiger partial charge in [-0.05, 0) is 33.7 Å². The molecule has 4 heteroatoms. The van der Waals surface area contributed by atoms with Gasteiger partial charge in [-0.1, -0.05) is 6.92 Å². The highest BCUT2D eigenvalue weighted by Crippen LogP contribution is 2.04. The summed E-state index contributed by atoms with van der Waals surface area (Å²) in [5.74, 6) is 1.14. The first kappa shape index (κ1) is 15.2. The van der Waals surface area contributed by atoms with Crippen LogP contribution < -0.4 is 5.32 Å². The standard InChI is InChI=1S/C14H27N3O/c1-5-7-15-13(11-18-12(3)4)10-14-16-8-9-17(14)6-2/h8-9,12-13,15H,5-7,10-11H2,1-4H3. The van der Waals surface area contributed by atoms with Crippen LogP contribution in [0.4, 0.5) is 0 Å². The molecule has 0 radical (unpaired) electrons. The molecule has 1 heterocycles. The van der Waals surface area contributed by atoms with Gasteiger partial charge in [0.1, 0.15) is 5.82 Å². The Hall–Kier alpha value is -0.870. The van der Waals surface area contributed by atoms with Gasteiger partial charge < -0.3 is 14.6 Å². The smallest absolute Gasteiger partial charge is 0.110 e. The zero-order chi connectivity index (χ0) is 13.4. The number of ether oxygens (including phenoxy) is 1. The first-order chi connectivity index (χ1) is 8.67. The van der Waals surface area contributed by atoms with E-state index in [1.165, 1.54) is 0 Å². The highest BCUT2D eigenvalue weighted by Gasteiger charge is 2.13. The van der Waals surface area contributed by atoms with Crippen molar-refractivity contribution in [3.05, 3.63) is 18.2 Å². The predicted octanol–water partition coefficient (Wildman–Crippen LogP) is 2.24. The Balaban J connectivity index is 2.53. The SMILES string of the molecule is CCCNC(COC(C)C)Cc1nccn1CC. The highest BCUT2D eigenvalue weighted by molar-refractivity contribution is 4.95. The van der Waals surface area contributed by atoms with E-state index in [1.807, 2.05) is 12.4 Å². The number of imidazole rings is 1. The molecule has 1 N–H and O–H groups in total. The Kier molecular flexibility index (Phi) is 6.98. The molecule has 18 heavy (non-hydrogen) atoms. The summed E-state index contributed by atoms with van der Waals surface area (Å²) in [7, 11) is 0. The normalized spacial score (nSPS) is 13.2. The fourth-order valence-corrected chi connectivity index (χ4v) is 1.89. The largest absolute Gasteiger partial charge is 0.377 e. The summed E-state index contributed by atoms with van der Waals surface area (Å²) in [5, 5.41) is 3.54. The maximum atomic E-state index is 5.72. The number of nitrogens with zero attached hydrogens (tertiary/aromatic N) is 2. The lowest BCUT2D eigenvalue weighted by atomic mass is 10.2. The van der Waals surface area contributed by atoms with E-state index >= 15 is 0 Å². The Morgan fingerprint density at radius 2 is 2.17 bits per heavy atom. The Bertz CT molecular complexity index is 323. The van der Waals surface area contributed by atoms with Gasteiger partial charge in [-0.15, -0.1) is 0 Å². The maximum Gasteiger partial charge on any atom is 0.110 e. The van der Waals surface area contributed by atoms with Crippen LogP contribution in [-0.2, 0) is 17.7 Å². The predicted molar refractivity (Wildman–Crippen MR) is 74.8 cm³/mol. The monoisotopic (exact) mass is 253 g/mol. The second-order valence-electron chi connectivity index (χ2n) is 4.87. The van der Waals surface area contributed by atoms with Crippen molar-refractivity contribution in [1.29, 1.82) is 0 Å². The van der Waals surface area contributed by atoms with Crippen LogP contribution in [0.2, 0.25) is 0 Å². The molecule has 0 saturated heterocycles. The molecule has 1 atom stereocenters. The number of aromatic nitrogens is 2. The molecule has 0 bridgehead atoms. The van der Waals surface area contributed by atoms with Crippen molar-refractivity contribution in [2.24, 2.45) is 0 Å². The van der Waals surface area contributed by atoms with Gasteiger partial charge in [0.15, 0.2) is 0 Å². The number of nitrogens with one attached hydrogen (secondary N) is 1. The van der Waals surface area contributed by atoms with Gasteiger partial charge in [0.2, 0.25) is 0 Å². The summed E-state index contributed by atoms with van der Waals surface area (Å²) in [6.07, 6.45) is 6.25. The van der Waals surface area contributed by atoms with Gasteiger partial charge in [-0.2, -0.15) is 0 Å². The Labute approximate surface area is 111 Å². The summed E-state index contributed by atoms with van der Waals surface area (Å²) in [4.78, 5) is 4.43. The van der Waals surface area contributed by atoms with Crippen molar-refractivity contribution < 1.29 is 4.74 Å². The van der Waals surface area contributed by atoms with Gasteiger partial charge in [0.25, 0.3) is 0 Å². The molecular formula is C14H27N3O. The van der Waals surface area contributed by atoms with E-state index in [0.29, 0.717) is 6.04 Å².